The largest absolute Gasteiger partial charge is 0.328 e. The van der Waals surface area contributed by atoms with Gasteiger partial charge in [-0.2, -0.15) is 0 Å². The van der Waals surface area contributed by atoms with Crippen LogP contribution in [0.2, 0.25) is 0 Å². The highest BCUT2D eigenvalue weighted by Crippen LogP contribution is 2.23. The maximum absolute atomic E-state index is 5.98. The number of hydrogen-bond acceptors (Lipinski definition) is 4. The summed E-state index contributed by atoms with van der Waals surface area (Å²) in [5.41, 5.74) is 9.13. The van der Waals surface area contributed by atoms with Crippen LogP contribution in [0.25, 0.3) is 0 Å². The van der Waals surface area contributed by atoms with Gasteiger partial charge in [-0.25, -0.2) is 4.98 Å². The Morgan fingerprint density at radius 2 is 2.18 bits per heavy atom. The lowest BCUT2D eigenvalue weighted by molar-refractivity contribution is 0.140. The van der Waals surface area contributed by atoms with Crippen LogP contribution in [0.3, 0.4) is 0 Å². The first-order valence-corrected chi connectivity index (χ1v) is 7.60. The molecule has 1 aromatic rings. The maximum atomic E-state index is 5.98. The van der Waals surface area contributed by atoms with Gasteiger partial charge in [0, 0.05) is 24.0 Å². The number of hydrogen-bond donors (Lipinski definition) is 1. The molecule has 0 saturated heterocycles. The van der Waals surface area contributed by atoms with Crippen LogP contribution in [0, 0.1) is 0 Å². The molecule has 0 radical (unpaired) electrons. The summed E-state index contributed by atoms with van der Waals surface area (Å²) in [6, 6.07) is 1.16. The van der Waals surface area contributed by atoms with Gasteiger partial charge in [-0.05, 0) is 38.6 Å². The monoisotopic (exact) mass is 253 g/mol. The molecule has 0 bridgehead atoms. The molecule has 1 saturated carbocycles. The van der Waals surface area contributed by atoms with E-state index in [4.69, 9.17) is 5.73 Å². The van der Waals surface area contributed by atoms with Crippen LogP contribution in [0.4, 0.5) is 0 Å². The molecule has 1 aliphatic rings. The smallest absolute Gasteiger partial charge is 0.0795 e. The molecule has 1 fully saturated rings. The second kappa shape index (κ2) is 6.47. The summed E-state index contributed by atoms with van der Waals surface area (Å²) in [4.78, 5) is 7.00. The van der Waals surface area contributed by atoms with Crippen LogP contribution in [-0.4, -0.2) is 28.5 Å². The highest BCUT2D eigenvalue weighted by Gasteiger charge is 2.24. The summed E-state index contributed by atoms with van der Waals surface area (Å²) in [7, 11) is 0. The Labute approximate surface area is 108 Å². The van der Waals surface area contributed by atoms with Crippen molar-refractivity contribution in [1.29, 1.82) is 0 Å². The highest BCUT2D eigenvalue weighted by atomic mass is 32.1. The summed E-state index contributed by atoms with van der Waals surface area (Å²) >= 11 is 1.69. The Morgan fingerprint density at radius 3 is 2.76 bits per heavy atom. The third-order valence-electron chi connectivity index (χ3n) is 3.62. The van der Waals surface area contributed by atoms with Crippen LogP contribution in [0.15, 0.2) is 10.9 Å². The van der Waals surface area contributed by atoms with Gasteiger partial charge in [0.1, 0.15) is 0 Å². The lowest BCUT2D eigenvalue weighted by atomic mass is 9.90. The standard InChI is InChI=1S/C13H23N3S/c1-2-7-16(8-12-9-17-10-15-12)13-5-3-11(14)4-6-13/h9-11,13H,2-8,14H2,1H3. The molecule has 0 atom stereocenters. The predicted octanol–water partition coefficient (Wildman–Crippen LogP) is 2.63. The molecule has 4 heteroatoms. The van der Waals surface area contributed by atoms with Crippen molar-refractivity contribution in [2.75, 3.05) is 6.54 Å². The zero-order valence-corrected chi connectivity index (χ0v) is 11.5. The van der Waals surface area contributed by atoms with Crippen molar-refractivity contribution < 1.29 is 0 Å². The first kappa shape index (κ1) is 13.0. The third kappa shape index (κ3) is 3.76. The van der Waals surface area contributed by atoms with E-state index >= 15 is 0 Å². The van der Waals surface area contributed by atoms with E-state index in [1.54, 1.807) is 11.3 Å². The van der Waals surface area contributed by atoms with E-state index in [1.807, 2.05) is 5.51 Å². The summed E-state index contributed by atoms with van der Waals surface area (Å²) in [5, 5.41) is 2.16. The molecule has 2 N–H and O–H groups in total. The van der Waals surface area contributed by atoms with E-state index in [0.29, 0.717) is 6.04 Å². The van der Waals surface area contributed by atoms with Crippen molar-refractivity contribution >= 4 is 11.3 Å². The quantitative estimate of drug-likeness (QED) is 0.877. The van der Waals surface area contributed by atoms with Gasteiger partial charge in [-0.3, -0.25) is 4.90 Å². The van der Waals surface area contributed by atoms with E-state index in [2.05, 4.69) is 22.2 Å². The minimum Gasteiger partial charge on any atom is -0.328 e. The summed E-state index contributed by atoms with van der Waals surface area (Å²) in [6.45, 7) is 4.44. The number of nitrogens with zero attached hydrogens (tertiary/aromatic N) is 2. The minimum atomic E-state index is 0.439. The number of rotatable bonds is 5. The fourth-order valence-corrected chi connectivity index (χ4v) is 3.22. The molecule has 3 nitrogen and oxygen atoms in total. The predicted molar refractivity (Wildman–Crippen MR) is 73.0 cm³/mol. The SMILES string of the molecule is CCCN(Cc1cscn1)C1CCC(N)CC1. The summed E-state index contributed by atoms with van der Waals surface area (Å²) in [6.07, 6.45) is 6.09. The van der Waals surface area contributed by atoms with Gasteiger partial charge in [0.25, 0.3) is 0 Å². The molecule has 0 aliphatic heterocycles. The van der Waals surface area contributed by atoms with E-state index in [1.165, 1.54) is 44.3 Å². The molecule has 2 rings (SSSR count). The van der Waals surface area contributed by atoms with Gasteiger partial charge in [0.05, 0.1) is 11.2 Å². The van der Waals surface area contributed by atoms with Crippen molar-refractivity contribution in [2.45, 2.75) is 57.7 Å². The van der Waals surface area contributed by atoms with Crippen LogP contribution >= 0.6 is 11.3 Å². The van der Waals surface area contributed by atoms with Gasteiger partial charge in [0.15, 0.2) is 0 Å². The lowest BCUT2D eigenvalue weighted by Crippen LogP contribution is -2.40. The fraction of sp³-hybridized carbons (Fsp3) is 0.769. The van der Waals surface area contributed by atoms with Crippen LogP contribution in [0.5, 0.6) is 0 Å². The molecular formula is C13H23N3S. The van der Waals surface area contributed by atoms with Crippen LogP contribution < -0.4 is 5.73 Å². The number of thiazole rings is 1. The van der Waals surface area contributed by atoms with Gasteiger partial charge in [0.2, 0.25) is 0 Å². The van der Waals surface area contributed by atoms with Gasteiger partial charge < -0.3 is 5.73 Å². The molecule has 17 heavy (non-hydrogen) atoms. The Morgan fingerprint density at radius 1 is 1.41 bits per heavy atom. The zero-order chi connectivity index (χ0) is 12.1. The van der Waals surface area contributed by atoms with E-state index in [0.717, 1.165) is 12.6 Å². The molecule has 96 valence electrons. The molecule has 0 spiro atoms. The van der Waals surface area contributed by atoms with Gasteiger partial charge in [-0.15, -0.1) is 11.3 Å². The van der Waals surface area contributed by atoms with Crippen molar-refractivity contribution in [1.82, 2.24) is 9.88 Å². The normalized spacial score (nSPS) is 25.4. The first-order chi connectivity index (χ1) is 8.29. The maximum Gasteiger partial charge on any atom is 0.0795 e. The van der Waals surface area contributed by atoms with Crippen LogP contribution in [-0.2, 0) is 6.54 Å². The average Bonchev–Trinajstić information content (AvgIpc) is 2.82. The van der Waals surface area contributed by atoms with Crippen molar-refractivity contribution in [3.05, 3.63) is 16.6 Å². The molecule has 1 heterocycles. The summed E-state index contributed by atoms with van der Waals surface area (Å²) < 4.78 is 0. The molecule has 0 amide bonds. The van der Waals surface area contributed by atoms with Crippen molar-refractivity contribution in [3.8, 4) is 0 Å². The Kier molecular flexibility index (Phi) is 4.95. The number of aromatic nitrogens is 1. The van der Waals surface area contributed by atoms with Gasteiger partial charge in [-0.1, -0.05) is 6.92 Å². The summed E-state index contributed by atoms with van der Waals surface area (Å²) in [5.74, 6) is 0. The highest BCUT2D eigenvalue weighted by molar-refractivity contribution is 7.07. The zero-order valence-electron chi connectivity index (χ0n) is 10.6. The molecule has 0 unspecified atom stereocenters. The molecule has 0 aromatic carbocycles. The second-order valence-corrected chi connectivity index (χ2v) is 5.74. The average molecular weight is 253 g/mol. The van der Waals surface area contributed by atoms with Crippen molar-refractivity contribution in [3.63, 3.8) is 0 Å². The Hall–Kier alpha value is -0.450. The van der Waals surface area contributed by atoms with E-state index in [9.17, 15) is 0 Å². The second-order valence-electron chi connectivity index (χ2n) is 5.02. The van der Waals surface area contributed by atoms with E-state index in [-0.39, 0.29) is 0 Å². The topological polar surface area (TPSA) is 42.2 Å². The molecular weight excluding hydrogens is 230 g/mol. The molecule has 1 aromatic heterocycles. The van der Waals surface area contributed by atoms with Crippen molar-refractivity contribution in [2.24, 2.45) is 5.73 Å². The fourth-order valence-electron chi connectivity index (χ4n) is 2.67. The van der Waals surface area contributed by atoms with Crippen LogP contribution in [0.1, 0.15) is 44.7 Å². The first-order valence-electron chi connectivity index (χ1n) is 6.66. The minimum absolute atomic E-state index is 0.439. The Balaban J connectivity index is 1.92. The lowest BCUT2D eigenvalue weighted by Gasteiger charge is -2.35. The van der Waals surface area contributed by atoms with Gasteiger partial charge >= 0.3 is 0 Å². The van der Waals surface area contributed by atoms with E-state index < -0.39 is 0 Å². The number of nitrogens with two attached hydrogens (primary N) is 1. The molecule has 1 aliphatic carbocycles. The Bertz CT molecular complexity index is 304. The third-order valence-corrected chi connectivity index (χ3v) is 4.25.